The molecule has 128 valence electrons. The average molecular weight is 341 g/mol. The fourth-order valence-electron chi connectivity index (χ4n) is 3.36. The molecule has 0 bridgehead atoms. The van der Waals surface area contributed by atoms with E-state index < -0.39 is 9.84 Å². The Morgan fingerprint density at radius 1 is 1.48 bits per heavy atom. The fourth-order valence-corrected chi connectivity index (χ4v) is 5.05. The molecule has 23 heavy (non-hydrogen) atoms. The van der Waals surface area contributed by atoms with Crippen LogP contribution in [0.2, 0.25) is 0 Å². The van der Waals surface area contributed by atoms with Crippen LogP contribution in [-0.2, 0) is 14.6 Å². The number of carbonyl (C=O) groups excluding carboxylic acids is 1. The SMILES string of the molecule is Cc1c(C(=O)N[C@H](C)[C@H]2CCCO2)cnn1[C@@H]1CCS(=O)(=O)C1. The molecule has 2 fully saturated rings. The monoisotopic (exact) mass is 341 g/mol. The van der Waals surface area contributed by atoms with Crippen molar-refractivity contribution in [3.8, 4) is 0 Å². The molecule has 2 aliphatic heterocycles. The zero-order valence-electron chi connectivity index (χ0n) is 13.5. The van der Waals surface area contributed by atoms with E-state index in [0.29, 0.717) is 17.7 Å². The summed E-state index contributed by atoms with van der Waals surface area (Å²) in [5.74, 6) is 0.106. The van der Waals surface area contributed by atoms with Gasteiger partial charge in [-0.25, -0.2) is 8.42 Å². The highest BCUT2D eigenvalue weighted by atomic mass is 32.2. The smallest absolute Gasteiger partial charge is 0.255 e. The van der Waals surface area contributed by atoms with Crippen molar-refractivity contribution in [3.05, 3.63) is 17.5 Å². The van der Waals surface area contributed by atoms with Crippen LogP contribution < -0.4 is 5.32 Å². The normalized spacial score (nSPS) is 27.9. The number of carbonyl (C=O) groups is 1. The summed E-state index contributed by atoms with van der Waals surface area (Å²) >= 11 is 0. The topological polar surface area (TPSA) is 90.3 Å². The van der Waals surface area contributed by atoms with Gasteiger partial charge < -0.3 is 10.1 Å². The molecular formula is C15H23N3O4S. The van der Waals surface area contributed by atoms with Gasteiger partial charge in [0.2, 0.25) is 0 Å². The maximum absolute atomic E-state index is 12.4. The molecule has 1 aromatic heterocycles. The van der Waals surface area contributed by atoms with E-state index in [0.717, 1.165) is 19.4 Å². The second-order valence-corrected chi connectivity index (χ2v) is 8.69. The molecule has 1 aromatic rings. The van der Waals surface area contributed by atoms with Crippen LogP contribution in [0.5, 0.6) is 0 Å². The van der Waals surface area contributed by atoms with Crippen molar-refractivity contribution in [3.63, 3.8) is 0 Å². The van der Waals surface area contributed by atoms with E-state index in [9.17, 15) is 13.2 Å². The molecule has 0 spiro atoms. The lowest BCUT2D eigenvalue weighted by molar-refractivity contribution is 0.0712. The number of ether oxygens (including phenoxy) is 1. The van der Waals surface area contributed by atoms with Crippen LogP contribution in [0, 0.1) is 6.92 Å². The lowest BCUT2D eigenvalue weighted by atomic mass is 10.1. The molecule has 8 heteroatoms. The van der Waals surface area contributed by atoms with Crippen molar-refractivity contribution in [2.24, 2.45) is 0 Å². The minimum Gasteiger partial charge on any atom is -0.376 e. The van der Waals surface area contributed by atoms with Crippen molar-refractivity contribution in [2.75, 3.05) is 18.1 Å². The summed E-state index contributed by atoms with van der Waals surface area (Å²) in [7, 11) is -2.98. The van der Waals surface area contributed by atoms with Crippen LogP contribution >= 0.6 is 0 Å². The van der Waals surface area contributed by atoms with E-state index in [1.54, 1.807) is 4.68 Å². The summed E-state index contributed by atoms with van der Waals surface area (Å²) in [6.07, 6.45) is 4.13. The number of sulfone groups is 1. The van der Waals surface area contributed by atoms with Crippen LogP contribution in [0.1, 0.15) is 48.3 Å². The Kier molecular flexibility index (Phi) is 4.46. The first kappa shape index (κ1) is 16.4. The Bertz CT molecular complexity index is 692. The van der Waals surface area contributed by atoms with E-state index in [1.165, 1.54) is 6.20 Å². The zero-order valence-corrected chi connectivity index (χ0v) is 14.3. The first-order valence-electron chi connectivity index (χ1n) is 8.04. The third-order valence-corrected chi connectivity index (χ3v) is 6.48. The second-order valence-electron chi connectivity index (χ2n) is 6.46. The molecule has 0 aliphatic carbocycles. The van der Waals surface area contributed by atoms with Crippen molar-refractivity contribution in [1.82, 2.24) is 15.1 Å². The van der Waals surface area contributed by atoms with Crippen molar-refractivity contribution >= 4 is 15.7 Å². The summed E-state index contributed by atoms with van der Waals surface area (Å²) < 4.78 is 30.5. The minimum absolute atomic E-state index is 0.0559. The summed E-state index contributed by atoms with van der Waals surface area (Å²) in [6, 6.07) is -0.225. The van der Waals surface area contributed by atoms with Gasteiger partial charge in [0, 0.05) is 12.3 Å². The average Bonchev–Trinajstić information content (AvgIpc) is 3.18. The number of rotatable bonds is 4. The van der Waals surface area contributed by atoms with Crippen LogP contribution in [0.25, 0.3) is 0 Å². The Hall–Kier alpha value is -1.41. The van der Waals surface area contributed by atoms with Crippen molar-refractivity contribution in [2.45, 2.75) is 51.3 Å². The van der Waals surface area contributed by atoms with Crippen LogP contribution in [0.4, 0.5) is 0 Å². The molecule has 3 heterocycles. The standard InChI is InChI=1S/C15H23N3O4S/c1-10(14-4-3-6-22-14)17-15(19)13-8-16-18(11(13)2)12-5-7-23(20,21)9-12/h8,10,12,14H,3-7,9H2,1-2H3,(H,17,19)/t10-,12-,14-/m1/s1. The van der Waals surface area contributed by atoms with E-state index in [4.69, 9.17) is 4.74 Å². The van der Waals surface area contributed by atoms with Gasteiger partial charge >= 0.3 is 0 Å². The van der Waals surface area contributed by atoms with E-state index in [-0.39, 0.29) is 35.6 Å². The lowest BCUT2D eigenvalue weighted by Gasteiger charge is -2.20. The number of amides is 1. The van der Waals surface area contributed by atoms with E-state index in [2.05, 4.69) is 10.4 Å². The van der Waals surface area contributed by atoms with Gasteiger partial charge in [-0.05, 0) is 33.1 Å². The maximum Gasteiger partial charge on any atom is 0.255 e. The number of nitrogens with one attached hydrogen (secondary N) is 1. The summed E-state index contributed by atoms with van der Waals surface area (Å²) in [5, 5.41) is 7.21. The van der Waals surface area contributed by atoms with Crippen LogP contribution in [-0.4, -0.2) is 54.4 Å². The quantitative estimate of drug-likeness (QED) is 0.877. The van der Waals surface area contributed by atoms with Gasteiger partial charge in [-0.3, -0.25) is 9.48 Å². The van der Waals surface area contributed by atoms with Gasteiger partial charge in [-0.1, -0.05) is 0 Å². The van der Waals surface area contributed by atoms with Gasteiger partial charge in [-0.2, -0.15) is 5.10 Å². The zero-order chi connectivity index (χ0) is 16.6. The van der Waals surface area contributed by atoms with Gasteiger partial charge in [0.25, 0.3) is 5.91 Å². The Labute approximate surface area is 136 Å². The second kappa shape index (κ2) is 6.24. The molecule has 7 nitrogen and oxygen atoms in total. The van der Waals surface area contributed by atoms with E-state index in [1.807, 2.05) is 13.8 Å². The predicted octanol–water partition coefficient (Wildman–Crippen LogP) is 0.848. The summed E-state index contributed by atoms with van der Waals surface area (Å²) in [6.45, 7) is 4.50. The maximum atomic E-state index is 12.4. The first-order chi connectivity index (χ1) is 10.9. The largest absolute Gasteiger partial charge is 0.376 e. The minimum atomic E-state index is -2.98. The van der Waals surface area contributed by atoms with E-state index >= 15 is 0 Å². The molecule has 3 atom stereocenters. The molecule has 0 unspecified atom stereocenters. The number of aromatic nitrogens is 2. The molecule has 0 aromatic carbocycles. The first-order valence-corrected chi connectivity index (χ1v) is 9.86. The lowest BCUT2D eigenvalue weighted by Crippen LogP contribution is -2.41. The third kappa shape index (κ3) is 3.42. The molecule has 2 aliphatic rings. The van der Waals surface area contributed by atoms with Crippen LogP contribution in [0.15, 0.2) is 6.20 Å². The van der Waals surface area contributed by atoms with Gasteiger partial charge in [0.15, 0.2) is 9.84 Å². The molecule has 3 rings (SSSR count). The molecule has 2 saturated heterocycles. The number of hydrogen-bond acceptors (Lipinski definition) is 5. The van der Waals surface area contributed by atoms with Gasteiger partial charge in [0.1, 0.15) is 0 Å². The van der Waals surface area contributed by atoms with Crippen LogP contribution in [0.3, 0.4) is 0 Å². The molecule has 0 saturated carbocycles. The van der Waals surface area contributed by atoms with Gasteiger partial charge in [0.05, 0.1) is 41.5 Å². The van der Waals surface area contributed by atoms with Crippen molar-refractivity contribution < 1.29 is 17.9 Å². The summed E-state index contributed by atoms with van der Waals surface area (Å²) in [4.78, 5) is 12.4. The highest BCUT2D eigenvalue weighted by Crippen LogP contribution is 2.25. The molecule has 1 amide bonds. The Morgan fingerprint density at radius 3 is 2.87 bits per heavy atom. The molecule has 1 N–H and O–H groups in total. The molecular weight excluding hydrogens is 318 g/mol. The highest BCUT2D eigenvalue weighted by Gasteiger charge is 2.32. The molecule has 0 radical (unpaired) electrons. The predicted molar refractivity (Wildman–Crippen MR) is 85.2 cm³/mol. The fraction of sp³-hybridized carbons (Fsp3) is 0.733. The Morgan fingerprint density at radius 2 is 2.26 bits per heavy atom. The number of nitrogens with zero attached hydrogens (tertiary/aromatic N) is 2. The Balaban J connectivity index is 1.70. The van der Waals surface area contributed by atoms with Gasteiger partial charge in [-0.15, -0.1) is 0 Å². The van der Waals surface area contributed by atoms with Crippen molar-refractivity contribution in [1.29, 1.82) is 0 Å². The number of hydrogen-bond donors (Lipinski definition) is 1. The highest BCUT2D eigenvalue weighted by molar-refractivity contribution is 7.91. The third-order valence-electron chi connectivity index (χ3n) is 4.72. The summed E-state index contributed by atoms with van der Waals surface area (Å²) in [5.41, 5.74) is 1.21.